The van der Waals surface area contributed by atoms with Crippen LogP contribution in [0.25, 0.3) is 0 Å². The summed E-state index contributed by atoms with van der Waals surface area (Å²) in [6.45, 7) is 4.15. The zero-order chi connectivity index (χ0) is 19.8. The number of hydrogen-bond acceptors (Lipinski definition) is 6. The van der Waals surface area contributed by atoms with Crippen molar-refractivity contribution >= 4 is 25.7 Å². The fourth-order valence-electron chi connectivity index (χ4n) is 4.07. The third kappa shape index (κ3) is 3.68. The highest BCUT2D eigenvalue weighted by Gasteiger charge is 2.34. The normalized spacial score (nSPS) is 22.8. The number of morpholine rings is 1. The molecule has 156 valence electrons. The standard InChI is InChI=1S/C18H27N3O5S2/c22-27(23,20-7-1-2-8-20)16-5-6-17(19-11-13-26-14-12-19)18(15-16)28(24,25)21-9-3-4-10-21/h5-6,15H,1-4,7-14H2. The average molecular weight is 430 g/mol. The van der Waals surface area contributed by atoms with Crippen LogP contribution in [0.4, 0.5) is 5.69 Å². The molecule has 0 unspecified atom stereocenters. The van der Waals surface area contributed by atoms with E-state index in [0.29, 0.717) is 58.2 Å². The zero-order valence-electron chi connectivity index (χ0n) is 15.9. The zero-order valence-corrected chi connectivity index (χ0v) is 17.5. The van der Waals surface area contributed by atoms with E-state index >= 15 is 0 Å². The molecule has 28 heavy (non-hydrogen) atoms. The third-order valence-electron chi connectivity index (χ3n) is 5.67. The lowest BCUT2D eigenvalue weighted by Crippen LogP contribution is -2.38. The summed E-state index contributed by atoms with van der Waals surface area (Å²) in [5.41, 5.74) is 0.565. The molecule has 3 fully saturated rings. The Morgan fingerprint density at radius 2 is 1.25 bits per heavy atom. The lowest BCUT2D eigenvalue weighted by atomic mass is 10.2. The molecule has 0 aliphatic carbocycles. The first kappa shape index (κ1) is 20.1. The first-order valence-electron chi connectivity index (χ1n) is 9.88. The summed E-state index contributed by atoms with van der Waals surface area (Å²) >= 11 is 0. The topological polar surface area (TPSA) is 87.2 Å². The molecule has 3 heterocycles. The summed E-state index contributed by atoms with van der Waals surface area (Å²) in [6, 6.07) is 4.56. The van der Waals surface area contributed by atoms with Crippen LogP contribution < -0.4 is 4.90 Å². The van der Waals surface area contributed by atoms with E-state index in [1.807, 2.05) is 4.90 Å². The molecule has 0 amide bonds. The van der Waals surface area contributed by atoms with Gasteiger partial charge in [-0.25, -0.2) is 16.8 Å². The van der Waals surface area contributed by atoms with Gasteiger partial charge in [-0.15, -0.1) is 0 Å². The quantitative estimate of drug-likeness (QED) is 0.696. The second kappa shape index (κ2) is 7.91. The Morgan fingerprint density at radius 3 is 1.82 bits per heavy atom. The summed E-state index contributed by atoms with van der Waals surface area (Å²) in [5.74, 6) is 0. The van der Waals surface area contributed by atoms with Gasteiger partial charge in [0.15, 0.2) is 0 Å². The Kier molecular flexibility index (Phi) is 5.67. The van der Waals surface area contributed by atoms with Crippen molar-refractivity contribution in [2.75, 3.05) is 57.4 Å². The number of sulfonamides is 2. The van der Waals surface area contributed by atoms with E-state index in [0.717, 1.165) is 25.7 Å². The maximum absolute atomic E-state index is 13.4. The Labute approximate surface area is 167 Å². The van der Waals surface area contributed by atoms with E-state index in [1.165, 1.54) is 14.7 Å². The first-order chi connectivity index (χ1) is 13.4. The van der Waals surface area contributed by atoms with E-state index in [9.17, 15) is 16.8 Å². The number of hydrogen-bond donors (Lipinski definition) is 0. The molecule has 0 spiro atoms. The highest BCUT2D eigenvalue weighted by molar-refractivity contribution is 7.90. The van der Waals surface area contributed by atoms with Gasteiger partial charge in [0.25, 0.3) is 0 Å². The van der Waals surface area contributed by atoms with Gasteiger partial charge in [0, 0.05) is 39.3 Å². The van der Waals surface area contributed by atoms with E-state index < -0.39 is 20.0 Å². The van der Waals surface area contributed by atoms with Crippen LogP contribution in [-0.2, 0) is 24.8 Å². The van der Waals surface area contributed by atoms with E-state index in [2.05, 4.69) is 0 Å². The van der Waals surface area contributed by atoms with Crippen molar-refractivity contribution in [3.8, 4) is 0 Å². The molecule has 0 saturated carbocycles. The Bertz CT molecular complexity index is 915. The van der Waals surface area contributed by atoms with Crippen molar-refractivity contribution in [2.24, 2.45) is 0 Å². The molecule has 1 aromatic rings. The molecule has 0 atom stereocenters. The molecule has 8 nitrogen and oxygen atoms in total. The van der Waals surface area contributed by atoms with Gasteiger partial charge in [-0.3, -0.25) is 0 Å². The SMILES string of the molecule is O=S(=O)(c1ccc(N2CCOCC2)c(S(=O)(=O)N2CCCC2)c1)N1CCCC1. The molecule has 1 aromatic carbocycles. The van der Waals surface area contributed by atoms with E-state index in [1.54, 1.807) is 12.1 Å². The van der Waals surface area contributed by atoms with Crippen LogP contribution in [0, 0.1) is 0 Å². The largest absolute Gasteiger partial charge is 0.378 e. The van der Waals surface area contributed by atoms with Gasteiger partial charge in [0.2, 0.25) is 20.0 Å². The fraction of sp³-hybridized carbons (Fsp3) is 0.667. The average Bonchev–Trinajstić information content (AvgIpc) is 3.42. The van der Waals surface area contributed by atoms with Gasteiger partial charge in [-0.05, 0) is 43.9 Å². The molecule has 3 saturated heterocycles. The van der Waals surface area contributed by atoms with Crippen LogP contribution in [0.1, 0.15) is 25.7 Å². The molecular weight excluding hydrogens is 402 g/mol. The molecule has 3 aliphatic rings. The van der Waals surface area contributed by atoms with Crippen LogP contribution in [0.3, 0.4) is 0 Å². The lowest BCUT2D eigenvalue weighted by Gasteiger charge is -2.31. The van der Waals surface area contributed by atoms with Crippen molar-refractivity contribution in [2.45, 2.75) is 35.5 Å². The van der Waals surface area contributed by atoms with Crippen LogP contribution >= 0.6 is 0 Å². The van der Waals surface area contributed by atoms with Gasteiger partial charge in [0.05, 0.1) is 23.8 Å². The number of benzene rings is 1. The summed E-state index contributed by atoms with van der Waals surface area (Å²) in [4.78, 5) is 2.12. The van der Waals surface area contributed by atoms with Gasteiger partial charge in [0.1, 0.15) is 4.90 Å². The molecule has 3 aliphatic heterocycles. The summed E-state index contributed by atoms with van der Waals surface area (Å²) in [6.07, 6.45) is 3.34. The maximum atomic E-state index is 13.4. The van der Waals surface area contributed by atoms with Crippen LogP contribution in [0.5, 0.6) is 0 Å². The minimum atomic E-state index is -3.76. The van der Waals surface area contributed by atoms with Gasteiger partial charge < -0.3 is 9.64 Å². The minimum Gasteiger partial charge on any atom is -0.378 e. The fourth-order valence-corrected chi connectivity index (χ4v) is 7.44. The Hall–Kier alpha value is -1.20. The molecule has 0 N–H and O–H groups in total. The van der Waals surface area contributed by atoms with Crippen molar-refractivity contribution in [1.82, 2.24) is 8.61 Å². The molecule has 4 rings (SSSR count). The predicted molar refractivity (Wildman–Crippen MR) is 105 cm³/mol. The molecule has 10 heteroatoms. The van der Waals surface area contributed by atoms with Crippen molar-refractivity contribution < 1.29 is 21.6 Å². The summed E-state index contributed by atoms with van der Waals surface area (Å²) < 4.78 is 61.0. The second-order valence-corrected chi connectivity index (χ2v) is 11.3. The highest BCUT2D eigenvalue weighted by Crippen LogP contribution is 2.33. The Balaban J connectivity index is 1.79. The minimum absolute atomic E-state index is 0.0594. The molecule has 0 radical (unpaired) electrons. The second-order valence-electron chi connectivity index (χ2n) is 7.45. The van der Waals surface area contributed by atoms with Crippen molar-refractivity contribution in [3.63, 3.8) is 0 Å². The van der Waals surface area contributed by atoms with Crippen LogP contribution in [-0.4, -0.2) is 77.9 Å². The van der Waals surface area contributed by atoms with Crippen LogP contribution in [0.15, 0.2) is 28.0 Å². The lowest BCUT2D eigenvalue weighted by molar-refractivity contribution is 0.122. The smallest absolute Gasteiger partial charge is 0.245 e. The van der Waals surface area contributed by atoms with E-state index in [-0.39, 0.29) is 9.79 Å². The van der Waals surface area contributed by atoms with Gasteiger partial charge in [-0.1, -0.05) is 0 Å². The Morgan fingerprint density at radius 1 is 0.714 bits per heavy atom. The van der Waals surface area contributed by atoms with Gasteiger partial charge >= 0.3 is 0 Å². The van der Waals surface area contributed by atoms with Crippen molar-refractivity contribution in [3.05, 3.63) is 18.2 Å². The third-order valence-corrected chi connectivity index (χ3v) is 9.49. The maximum Gasteiger partial charge on any atom is 0.245 e. The van der Waals surface area contributed by atoms with Gasteiger partial charge in [-0.2, -0.15) is 8.61 Å². The predicted octanol–water partition coefficient (Wildman–Crippen LogP) is 1.09. The van der Waals surface area contributed by atoms with Crippen LogP contribution in [0.2, 0.25) is 0 Å². The number of rotatable bonds is 5. The highest BCUT2D eigenvalue weighted by atomic mass is 32.2. The first-order valence-corrected chi connectivity index (χ1v) is 12.8. The summed E-state index contributed by atoms with van der Waals surface area (Å²) in [7, 11) is -7.44. The number of ether oxygens (including phenoxy) is 1. The van der Waals surface area contributed by atoms with Crippen molar-refractivity contribution in [1.29, 1.82) is 0 Å². The molecule has 0 aromatic heterocycles. The number of nitrogens with zero attached hydrogens (tertiary/aromatic N) is 3. The summed E-state index contributed by atoms with van der Waals surface area (Å²) in [5, 5.41) is 0. The molecule has 0 bridgehead atoms. The van der Waals surface area contributed by atoms with E-state index in [4.69, 9.17) is 4.74 Å². The monoisotopic (exact) mass is 429 g/mol. The number of anilines is 1. The molecular formula is C18H27N3O5S2.